The molecule has 1 N–H and O–H groups in total. The highest BCUT2D eigenvalue weighted by molar-refractivity contribution is 5.04. The molecule has 1 heterocycles. The first-order valence-electron chi connectivity index (χ1n) is 4.10. The molecule has 0 aromatic carbocycles. The molecule has 0 aliphatic heterocycles. The van der Waals surface area contributed by atoms with Crippen LogP contribution in [-0.4, -0.2) is 32.6 Å². The van der Waals surface area contributed by atoms with Gasteiger partial charge in [0.15, 0.2) is 0 Å². The van der Waals surface area contributed by atoms with E-state index in [1.807, 2.05) is 33.3 Å². The topological polar surface area (TPSA) is 28.4 Å². The van der Waals surface area contributed by atoms with Crippen LogP contribution in [0.25, 0.3) is 0 Å². The van der Waals surface area contributed by atoms with Gasteiger partial charge in [0.2, 0.25) is 0 Å². The summed E-state index contributed by atoms with van der Waals surface area (Å²) in [5.74, 6) is 1.01. The zero-order valence-electron chi connectivity index (χ0n) is 7.87. The Hall–Kier alpha value is -0.800. The average molecular weight is 168 g/mol. The van der Waals surface area contributed by atoms with Gasteiger partial charge in [-0.25, -0.2) is 0 Å². The van der Waals surface area contributed by atoms with E-state index in [-0.39, 0.29) is 0 Å². The summed E-state index contributed by atoms with van der Waals surface area (Å²) in [5.41, 5.74) is 0. The largest absolute Gasteiger partial charge is 0.468 e. The third-order valence-electron chi connectivity index (χ3n) is 1.89. The lowest BCUT2D eigenvalue weighted by molar-refractivity contribution is 0.254. The third kappa shape index (κ3) is 2.09. The van der Waals surface area contributed by atoms with Gasteiger partial charge in [-0.1, -0.05) is 0 Å². The molecule has 0 amide bonds. The average Bonchev–Trinajstić information content (AvgIpc) is 2.51. The lowest BCUT2D eigenvalue weighted by atomic mass is 10.2. The maximum Gasteiger partial charge on any atom is 0.122 e. The van der Waals surface area contributed by atoms with Crippen molar-refractivity contribution in [2.75, 3.05) is 27.7 Å². The van der Waals surface area contributed by atoms with E-state index in [1.165, 1.54) is 0 Å². The van der Waals surface area contributed by atoms with E-state index in [1.54, 1.807) is 6.26 Å². The smallest absolute Gasteiger partial charge is 0.122 e. The molecule has 0 saturated carbocycles. The van der Waals surface area contributed by atoms with Crippen LogP contribution in [0.3, 0.4) is 0 Å². The van der Waals surface area contributed by atoms with Crippen molar-refractivity contribution in [2.24, 2.45) is 0 Å². The second-order valence-electron chi connectivity index (χ2n) is 3.05. The van der Waals surface area contributed by atoms with Crippen molar-refractivity contribution in [3.8, 4) is 0 Å². The summed E-state index contributed by atoms with van der Waals surface area (Å²) in [6.45, 7) is 0.903. The van der Waals surface area contributed by atoms with E-state index in [0.29, 0.717) is 6.04 Å². The number of nitrogens with zero attached hydrogens (tertiary/aromatic N) is 1. The van der Waals surface area contributed by atoms with E-state index in [9.17, 15) is 0 Å². The van der Waals surface area contributed by atoms with E-state index >= 15 is 0 Å². The Morgan fingerprint density at radius 3 is 2.75 bits per heavy atom. The molecular formula is C9H16N2O. The molecule has 0 spiro atoms. The monoisotopic (exact) mass is 168 g/mol. The minimum atomic E-state index is 0.324. The van der Waals surface area contributed by atoms with Gasteiger partial charge in [0, 0.05) is 6.54 Å². The van der Waals surface area contributed by atoms with Crippen LogP contribution in [-0.2, 0) is 0 Å². The summed E-state index contributed by atoms with van der Waals surface area (Å²) in [6.07, 6.45) is 1.71. The summed E-state index contributed by atoms with van der Waals surface area (Å²) < 4.78 is 5.33. The van der Waals surface area contributed by atoms with E-state index in [2.05, 4.69) is 10.2 Å². The molecule has 1 rings (SSSR count). The fourth-order valence-electron chi connectivity index (χ4n) is 1.21. The highest BCUT2D eigenvalue weighted by Gasteiger charge is 2.14. The van der Waals surface area contributed by atoms with Gasteiger partial charge in [0.25, 0.3) is 0 Å². The van der Waals surface area contributed by atoms with Crippen molar-refractivity contribution in [2.45, 2.75) is 6.04 Å². The lowest BCUT2D eigenvalue weighted by Crippen LogP contribution is -2.28. The quantitative estimate of drug-likeness (QED) is 0.729. The standard InChI is InChI=1S/C9H16N2O/c1-10-7-8(11(2)3)9-5-4-6-12-9/h4-6,8,10H,7H2,1-3H3. The summed E-state index contributed by atoms with van der Waals surface area (Å²) in [4.78, 5) is 2.13. The van der Waals surface area contributed by atoms with Crippen LogP contribution in [0.5, 0.6) is 0 Å². The molecule has 68 valence electrons. The van der Waals surface area contributed by atoms with Crippen molar-refractivity contribution in [1.29, 1.82) is 0 Å². The van der Waals surface area contributed by atoms with Gasteiger partial charge in [-0.05, 0) is 33.3 Å². The summed E-state index contributed by atoms with van der Waals surface area (Å²) >= 11 is 0. The van der Waals surface area contributed by atoms with Crippen LogP contribution in [0.15, 0.2) is 22.8 Å². The third-order valence-corrected chi connectivity index (χ3v) is 1.89. The maximum absolute atomic E-state index is 5.33. The molecule has 1 atom stereocenters. The molecule has 1 aromatic heterocycles. The number of hydrogen-bond donors (Lipinski definition) is 1. The van der Waals surface area contributed by atoms with Gasteiger partial charge >= 0.3 is 0 Å². The highest BCUT2D eigenvalue weighted by Crippen LogP contribution is 2.16. The number of hydrogen-bond acceptors (Lipinski definition) is 3. The molecular weight excluding hydrogens is 152 g/mol. The van der Waals surface area contributed by atoms with Crippen molar-refractivity contribution in [1.82, 2.24) is 10.2 Å². The first-order chi connectivity index (χ1) is 5.75. The van der Waals surface area contributed by atoms with Crippen LogP contribution in [0.2, 0.25) is 0 Å². The molecule has 1 aromatic rings. The summed E-state index contributed by atoms with van der Waals surface area (Å²) in [7, 11) is 6.04. The predicted octanol–water partition coefficient (Wildman–Crippen LogP) is 1.10. The normalized spacial score (nSPS) is 13.7. The second-order valence-corrected chi connectivity index (χ2v) is 3.05. The Bertz CT molecular complexity index is 206. The van der Waals surface area contributed by atoms with Gasteiger partial charge in [0.05, 0.1) is 12.3 Å². The number of rotatable bonds is 4. The molecule has 0 saturated heterocycles. The van der Waals surface area contributed by atoms with Gasteiger partial charge < -0.3 is 9.73 Å². The molecule has 0 aliphatic carbocycles. The summed E-state index contributed by atoms with van der Waals surface area (Å²) in [6, 6.07) is 4.24. The highest BCUT2D eigenvalue weighted by atomic mass is 16.3. The first kappa shape index (κ1) is 9.29. The van der Waals surface area contributed by atoms with Crippen LogP contribution < -0.4 is 5.32 Å². The van der Waals surface area contributed by atoms with Crippen LogP contribution in [0.1, 0.15) is 11.8 Å². The Morgan fingerprint density at radius 1 is 1.58 bits per heavy atom. The molecule has 3 nitrogen and oxygen atoms in total. The minimum Gasteiger partial charge on any atom is -0.468 e. The zero-order valence-corrected chi connectivity index (χ0v) is 7.87. The lowest BCUT2D eigenvalue weighted by Gasteiger charge is -2.21. The van der Waals surface area contributed by atoms with Crippen LogP contribution in [0, 0.1) is 0 Å². The van der Waals surface area contributed by atoms with Gasteiger partial charge in [0.1, 0.15) is 5.76 Å². The molecule has 12 heavy (non-hydrogen) atoms. The fourth-order valence-corrected chi connectivity index (χ4v) is 1.21. The van der Waals surface area contributed by atoms with E-state index in [4.69, 9.17) is 4.42 Å². The fraction of sp³-hybridized carbons (Fsp3) is 0.556. The minimum absolute atomic E-state index is 0.324. The Labute approximate surface area is 73.4 Å². The molecule has 0 radical (unpaired) electrons. The van der Waals surface area contributed by atoms with E-state index < -0.39 is 0 Å². The maximum atomic E-state index is 5.33. The first-order valence-corrected chi connectivity index (χ1v) is 4.10. The zero-order chi connectivity index (χ0) is 8.97. The molecule has 1 unspecified atom stereocenters. The van der Waals surface area contributed by atoms with Gasteiger partial charge in [-0.3, -0.25) is 4.90 Å². The second kappa shape index (κ2) is 4.28. The van der Waals surface area contributed by atoms with Crippen LogP contribution >= 0.6 is 0 Å². The number of likely N-dealkylation sites (N-methyl/N-ethyl adjacent to an activating group) is 2. The molecule has 0 bridgehead atoms. The van der Waals surface area contributed by atoms with Crippen molar-refractivity contribution in [3.05, 3.63) is 24.2 Å². The Balaban J connectivity index is 2.66. The van der Waals surface area contributed by atoms with E-state index in [0.717, 1.165) is 12.3 Å². The van der Waals surface area contributed by atoms with Gasteiger partial charge in [-0.15, -0.1) is 0 Å². The number of nitrogens with one attached hydrogen (secondary N) is 1. The van der Waals surface area contributed by atoms with Gasteiger partial charge in [-0.2, -0.15) is 0 Å². The van der Waals surface area contributed by atoms with Crippen LogP contribution in [0.4, 0.5) is 0 Å². The number of furan rings is 1. The predicted molar refractivity (Wildman–Crippen MR) is 49.1 cm³/mol. The Morgan fingerprint density at radius 2 is 2.33 bits per heavy atom. The molecule has 0 aliphatic rings. The SMILES string of the molecule is CNCC(c1ccco1)N(C)C. The Kier molecular flexibility index (Phi) is 3.31. The summed E-state index contributed by atoms with van der Waals surface area (Å²) in [5, 5.41) is 3.14. The molecule has 0 fully saturated rings. The molecule has 3 heteroatoms. The van der Waals surface area contributed by atoms with Crippen molar-refractivity contribution < 1.29 is 4.42 Å². The van der Waals surface area contributed by atoms with Crippen molar-refractivity contribution in [3.63, 3.8) is 0 Å². The van der Waals surface area contributed by atoms with Crippen molar-refractivity contribution >= 4 is 0 Å².